The average Bonchev–Trinajstić information content (AvgIpc) is 2.58. The fraction of sp³-hybridized carbons (Fsp3) is 0.947. The molecule has 2 aliphatic rings. The van der Waals surface area contributed by atoms with Gasteiger partial charge in [-0.3, -0.25) is 4.79 Å². The smallest absolute Gasteiger partial charge is 0.223 e. The molecule has 0 saturated carbocycles. The normalized spacial score (nSPS) is 21.8. The standard InChI is InChI=1S/C17H33N3O.C2H6/c1-14(2)20-12-7-16(8-13-20)17(21)18-9-4-15-5-10-19(3)11-6-15;1-2/h14-16H,4-13H2,1-3H3,(H,18,21);1-2H3. The molecule has 23 heavy (non-hydrogen) atoms. The number of hydrogen-bond acceptors (Lipinski definition) is 3. The summed E-state index contributed by atoms with van der Waals surface area (Å²) in [5, 5.41) is 3.18. The van der Waals surface area contributed by atoms with E-state index >= 15 is 0 Å². The summed E-state index contributed by atoms with van der Waals surface area (Å²) in [6.45, 7) is 13.9. The van der Waals surface area contributed by atoms with Crippen LogP contribution in [0.3, 0.4) is 0 Å². The maximum Gasteiger partial charge on any atom is 0.223 e. The number of amides is 1. The molecule has 0 bridgehead atoms. The highest BCUT2D eigenvalue weighted by molar-refractivity contribution is 5.78. The van der Waals surface area contributed by atoms with E-state index in [1.165, 1.54) is 25.9 Å². The van der Waals surface area contributed by atoms with E-state index in [-0.39, 0.29) is 5.92 Å². The van der Waals surface area contributed by atoms with Crippen LogP contribution >= 0.6 is 0 Å². The number of hydrogen-bond donors (Lipinski definition) is 1. The van der Waals surface area contributed by atoms with Gasteiger partial charge < -0.3 is 15.1 Å². The Morgan fingerprint density at radius 1 is 1.04 bits per heavy atom. The molecule has 0 unspecified atom stereocenters. The predicted octanol–water partition coefficient (Wildman–Crippen LogP) is 2.98. The fourth-order valence-electron chi connectivity index (χ4n) is 3.57. The summed E-state index contributed by atoms with van der Waals surface area (Å²) in [5.41, 5.74) is 0. The molecule has 0 aromatic carbocycles. The predicted molar refractivity (Wildman–Crippen MR) is 98.6 cm³/mol. The van der Waals surface area contributed by atoms with Crippen molar-refractivity contribution in [1.29, 1.82) is 0 Å². The minimum atomic E-state index is 0.248. The van der Waals surface area contributed by atoms with Crippen LogP contribution in [0, 0.1) is 11.8 Å². The largest absolute Gasteiger partial charge is 0.356 e. The van der Waals surface area contributed by atoms with Crippen LogP contribution in [0.2, 0.25) is 0 Å². The lowest BCUT2D eigenvalue weighted by atomic mass is 9.93. The molecule has 0 spiro atoms. The highest BCUT2D eigenvalue weighted by Gasteiger charge is 2.26. The summed E-state index contributed by atoms with van der Waals surface area (Å²) in [7, 11) is 2.20. The highest BCUT2D eigenvalue weighted by Crippen LogP contribution is 2.20. The molecule has 2 rings (SSSR count). The van der Waals surface area contributed by atoms with Crippen molar-refractivity contribution < 1.29 is 4.79 Å². The van der Waals surface area contributed by atoms with Gasteiger partial charge in [0.2, 0.25) is 5.91 Å². The van der Waals surface area contributed by atoms with Gasteiger partial charge in [-0.05, 0) is 85.1 Å². The first-order valence-electron chi connectivity index (χ1n) is 9.76. The maximum atomic E-state index is 12.2. The van der Waals surface area contributed by atoms with Crippen LogP contribution in [0.4, 0.5) is 0 Å². The lowest BCUT2D eigenvalue weighted by molar-refractivity contribution is -0.126. The summed E-state index contributed by atoms with van der Waals surface area (Å²) in [5.74, 6) is 1.35. The molecule has 0 aromatic rings. The summed E-state index contributed by atoms with van der Waals surface area (Å²) in [6, 6.07) is 0.610. The third-order valence-electron chi connectivity index (χ3n) is 5.32. The molecule has 2 aliphatic heterocycles. The Morgan fingerprint density at radius 3 is 2.13 bits per heavy atom. The van der Waals surface area contributed by atoms with E-state index in [1.807, 2.05) is 13.8 Å². The lowest BCUT2D eigenvalue weighted by Gasteiger charge is -2.34. The van der Waals surface area contributed by atoms with Gasteiger partial charge in [0, 0.05) is 18.5 Å². The third kappa shape index (κ3) is 7.21. The number of piperidine rings is 2. The Balaban J connectivity index is 0.00000127. The van der Waals surface area contributed by atoms with Crippen LogP contribution in [0.5, 0.6) is 0 Å². The molecule has 0 radical (unpaired) electrons. The molecule has 0 aromatic heterocycles. The minimum absolute atomic E-state index is 0.248. The zero-order valence-electron chi connectivity index (χ0n) is 16.1. The molecule has 4 nitrogen and oxygen atoms in total. The Kier molecular flexibility index (Phi) is 9.80. The lowest BCUT2D eigenvalue weighted by Crippen LogP contribution is -2.43. The number of carbonyl (C=O) groups is 1. The monoisotopic (exact) mass is 325 g/mol. The number of nitrogens with zero attached hydrogens (tertiary/aromatic N) is 2. The Hall–Kier alpha value is -0.610. The van der Waals surface area contributed by atoms with Gasteiger partial charge >= 0.3 is 0 Å². The summed E-state index contributed by atoms with van der Waals surface area (Å²) >= 11 is 0. The van der Waals surface area contributed by atoms with E-state index in [1.54, 1.807) is 0 Å². The molecular formula is C19H39N3O. The van der Waals surface area contributed by atoms with Crippen LogP contribution in [0.15, 0.2) is 0 Å². The van der Waals surface area contributed by atoms with Gasteiger partial charge in [0.1, 0.15) is 0 Å². The fourth-order valence-corrected chi connectivity index (χ4v) is 3.57. The zero-order valence-corrected chi connectivity index (χ0v) is 16.1. The molecule has 4 heteroatoms. The van der Waals surface area contributed by atoms with Gasteiger partial charge in [0.15, 0.2) is 0 Å². The molecule has 1 amide bonds. The van der Waals surface area contributed by atoms with Gasteiger partial charge in [-0.25, -0.2) is 0 Å². The number of carbonyl (C=O) groups excluding carboxylic acids is 1. The van der Waals surface area contributed by atoms with Crippen molar-refractivity contribution in [3.63, 3.8) is 0 Å². The van der Waals surface area contributed by atoms with Crippen molar-refractivity contribution in [2.45, 2.75) is 65.8 Å². The van der Waals surface area contributed by atoms with Gasteiger partial charge in [-0.15, -0.1) is 0 Å². The second-order valence-electron chi connectivity index (χ2n) is 7.23. The first-order valence-corrected chi connectivity index (χ1v) is 9.76. The second-order valence-corrected chi connectivity index (χ2v) is 7.23. The quantitative estimate of drug-likeness (QED) is 0.844. The second kappa shape index (κ2) is 11.0. The first-order chi connectivity index (χ1) is 11.1. The van der Waals surface area contributed by atoms with E-state index < -0.39 is 0 Å². The van der Waals surface area contributed by atoms with Gasteiger partial charge in [0.05, 0.1) is 0 Å². The van der Waals surface area contributed by atoms with E-state index in [9.17, 15) is 4.79 Å². The zero-order chi connectivity index (χ0) is 17.2. The van der Waals surface area contributed by atoms with Crippen molar-refractivity contribution in [2.75, 3.05) is 39.8 Å². The van der Waals surface area contributed by atoms with Crippen molar-refractivity contribution in [3.8, 4) is 0 Å². The van der Waals surface area contributed by atoms with Crippen LogP contribution in [-0.2, 0) is 4.79 Å². The molecule has 0 atom stereocenters. The van der Waals surface area contributed by atoms with Crippen molar-refractivity contribution in [3.05, 3.63) is 0 Å². The van der Waals surface area contributed by atoms with Crippen LogP contribution in [0.25, 0.3) is 0 Å². The first kappa shape index (κ1) is 20.4. The molecule has 0 aliphatic carbocycles. The van der Waals surface area contributed by atoms with Gasteiger partial charge in [-0.2, -0.15) is 0 Å². The number of rotatable bonds is 5. The highest BCUT2D eigenvalue weighted by atomic mass is 16.1. The van der Waals surface area contributed by atoms with Crippen molar-refractivity contribution in [2.24, 2.45) is 11.8 Å². The van der Waals surface area contributed by atoms with Gasteiger partial charge in [0.25, 0.3) is 0 Å². The molecule has 2 fully saturated rings. The SMILES string of the molecule is CC.CC(C)N1CCC(C(=O)NCCC2CCN(C)CC2)CC1. The van der Waals surface area contributed by atoms with Crippen LogP contribution in [-0.4, -0.2) is 61.5 Å². The van der Waals surface area contributed by atoms with E-state index in [0.717, 1.165) is 44.8 Å². The van der Waals surface area contributed by atoms with Crippen LogP contribution < -0.4 is 5.32 Å². The Labute approximate surface area is 144 Å². The van der Waals surface area contributed by atoms with Crippen LogP contribution in [0.1, 0.15) is 59.8 Å². The van der Waals surface area contributed by atoms with Crippen molar-refractivity contribution >= 4 is 5.91 Å². The maximum absolute atomic E-state index is 12.2. The Morgan fingerprint density at radius 2 is 1.61 bits per heavy atom. The topological polar surface area (TPSA) is 35.6 Å². The minimum Gasteiger partial charge on any atom is -0.356 e. The molecule has 1 N–H and O–H groups in total. The van der Waals surface area contributed by atoms with E-state index in [2.05, 4.69) is 36.0 Å². The van der Waals surface area contributed by atoms with E-state index in [4.69, 9.17) is 0 Å². The Bertz CT molecular complexity index is 317. The molecule has 2 saturated heterocycles. The summed E-state index contributed by atoms with van der Waals surface area (Å²) < 4.78 is 0. The molecule has 136 valence electrons. The third-order valence-corrected chi connectivity index (χ3v) is 5.32. The van der Waals surface area contributed by atoms with Gasteiger partial charge in [-0.1, -0.05) is 13.8 Å². The molecular weight excluding hydrogens is 286 g/mol. The number of nitrogens with one attached hydrogen (secondary N) is 1. The molecule has 2 heterocycles. The number of likely N-dealkylation sites (tertiary alicyclic amines) is 2. The van der Waals surface area contributed by atoms with Crippen molar-refractivity contribution in [1.82, 2.24) is 15.1 Å². The average molecular weight is 326 g/mol. The van der Waals surface area contributed by atoms with E-state index in [0.29, 0.717) is 11.9 Å². The summed E-state index contributed by atoms with van der Waals surface area (Å²) in [4.78, 5) is 17.1. The summed E-state index contributed by atoms with van der Waals surface area (Å²) in [6.07, 6.45) is 5.79.